The molecule has 2 saturated heterocycles. The summed E-state index contributed by atoms with van der Waals surface area (Å²) in [7, 11) is 0. The Balaban J connectivity index is 1.62. The van der Waals surface area contributed by atoms with Crippen LogP contribution in [-0.2, 0) is 14.4 Å². The summed E-state index contributed by atoms with van der Waals surface area (Å²) >= 11 is 3.29. The van der Waals surface area contributed by atoms with Crippen LogP contribution in [0.1, 0.15) is 18.5 Å². The number of amides is 2. The number of halogens is 1. The Morgan fingerprint density at radius 3 is 2.31 bits per heavy atom. The van der Waals surface area contributed by atoms with Crippen LogP contribution in [0.15, 0.2) is 65.1 Å². The van der Waals surface area contributed by atoms with Crippen molar-refractivity contribution < 1.29 is 34.1 Å². The summed E-state index contributed by atoms with van der Waals surface area (Å²) in [5.41, 5.74) is 0.360. The zero-order valence-corrected chi connectivity index (χ0v) is 21.7. The van der Waals surface area contributed by atoms with E-state index >= 15 is 0 Å². The van der Waals surface area contributed by atoms with E-state index in [9.17, 15) is 34.9 Å². The van der Waals surface area contributed by atoms with Gasteiger partial charge in [0.1, 0.15) is 5.92 Å². The summed E-state index contributed by atoms with van der Waals surface area (Å²) < 4.78 is 5.80. The molecule has 2 aliphatic rings. The highest BCUT2D eigenvalue weighted by Gasteiger charge is 2.60. The van der Waals surface area contributed by atoms with Gasteiger partial charge < -0.3 is 9.84 Å². The second-order valence-electron chi connectivity index (χ2n) is 8.67. The van der Waals surface area contributed by atoms with Gasteiger partial charge in [0.25, 0.3) is 17.3 Å². The first kappa shape index (κ1) is 26.1. The number of nitrogens with zero attached hydrogens (tertiary/aromatic N) is 4. The Kier molecular flexibility index (Phi) is 6.66. The first-order chi connectivity index (χ1) is 18.6. The fourth-order valence-electron chi connectivity index (χ4n) is 4.73. The predicted molar refractivity (Wildman–Crippen MR) is 139 cm³/mol. The molecule has 3 atom stereocenters. The second-order valence-corrected chi connectivity index (χ2v) is 9.52. The van der Waals surface area contributed by atoms with Gasteiger partial charge in [0.15, 0.2) is 17.6 Å². The lowest BCUT2D eigenvalue weighted by molar-refractivity contribution is -0.385. The molecule has 3 aromatic carbocycles. The van der Waals surface area contributed by atoms with Crippen molar-refractivity contribution in [2.75, 3.05) is 16.6 Å². The van der Waals surface area contributed by atoms with Crippen molar-refractivity contribution in [2.45, 2.75) is 19.1 Å². The van der Waals surface area contributed by atoms with Gasteiger partial charge >= 0.3 is 0 Å². The second kappa shape index (κ2) is 9.96. The number of carbonyl (C=O) groups is 2. The quantitative estimate of drug-likeness (QED) is 0.233. The summed E-state index contributed by atoms with van der Waals surface area (Å²) in [6, 6.07) is 12.6. The molecule has 3 aromatic rings. The molecule has 39 heavy (non-hydrogen) atoms. The number of carbonyl (C=O) groups excluding carboxylic acids is 2. The number of non-ortho nitro benzene ring substituents is 2. The Hall–Kier alpha value is -4.56. The SMILES string of the molecule is CCOc1cc([C@H]2[C@H]3C(=O)N(c4ccc([N+](=O)[O-])cc4)C(=O)[C@H]3ON2c2cccc([N+](=O)[O-])c2)cc(Br)c1O. The molecular weight excluding hydrogens is 580 g/mol. The van der Waals surface area contributed by atoms with Gasteiger partial charge in [0.2, 0.25) is 5.91 Å². The van der Waals surface area contributed by atoms with Crippen LogP contribution in [0.25, 0.3) is 0 Å². The van der Waals surface area contributed by atoms with E-state index in [-0.39, 0.29) is 45.3 Å². The van der Waals surface area contributed by atoms with Crippen LogP contribution in [0.3, 0.4) is 0 Å². The summed E-state index contributed by atoms with van der Waals surface area (Å²) in [5.74, 6) is -2.47. The smallest absolute Gasteiger partial charge is 0.271 e. The number of hydrogen-bond acceptors (Lipinski definition) is 10. The number of fused-ring (bicyclic) bond motifs is 1. The minimum Gasteiger partial charge on any atom is -0.503 e. The van der Waals surface area contributed by atoms with Gasteiger partial charge in [-0.05, 0) is 58.7 Å². The third kappa shape index (κ3) is 4.42. The molecule has 0 bridgehead atoms. The summed E-state index contributed by atoms with van der Waals surface area (Å²) in [6.45, 7) is 1.96. The standard InChI is InChI=1S/C25H19BrN4O9/c1-2-38-19-11-13(10-18(26)22(19)31)21-20-23(39-28(21)16-4-3-5-17(12-16)30(36)37)25(33)27(24(20)32)14-6-8-15(9-7-14)29(34)35/h3-12,20-21,23,31H,2H2,1H3/t20-,21+,23+/m1/s1. The number of anilines is 2. The Morgan fingerprint density at radius 2 is 1.67 bits per heavy atom. The van der Waals surface area contributed by atoms with Crippen LogP contribution < -0.4 is 14.7 Å². The van der Waals surface area contributed by atoms with E-state index in [4.69, 9.17) is 9.57 Å². The van der Waals surface area contributed by atoms with Gasteiger partial charge in [-0.25, -0.2) is 9.96 Å². The van der Waals surface area contributed by atoms with E-state index < -0.39 is 39.7 Å². The average Bonchev–Trinajstić information content (AvgIpc) is 3.42. The van der Waals surface area contributed by atoms with Crippen molar-refractivity contribution in [1.29, 1.82) is 0 Å². The van der Waals surface area contributed by atoms with E-state index in [0.29, 0.717) is 5.56 Å². The fourth-order valence-corrected chi connectivity index (χ4v) is 5.19. The Labute approximate surface area is 228 Å². The average molecular weight is 599 g/mol. The van der Waals surface area contributed by atoms with E-state index in [0.717, 1.165) is 4.90 Å². The lowest BCUT2D eigenvalue weighted by Gasteiger charge is -2.29. The maximum Gasteiger partial charge on any atom is 0.271 e. The molecule has 2 amide bonds. The third-order valence-corrected chi connectivity index (χ3v) is 7.03. The van der Waals surface area contributed by atoms with Gasteiger partial charge in [0, 0.05) is 24.3 Å². The molecule has 200 valence electrons. The minimum atomic E-state index is -1.29. The zero-order chi connectivity index (χ0) is 28.0. The van der Waals surface area contributed by atoms with E-state index in [1.54, 1.807) is 19.1 Å². The summed E-state index contributed by atoms with van der Waals surface area (Å²) in [6.07, 6.45) is -1.29. The molecule has 14 heteroatoms. The van der Waals surface area contributed by atoms with Crippen LogP contribution in [0, 0.1) is 26.1 Å². The largest absolute Gasteiger partial charge is 0.503 e. The van der Waals surface area contributed by atoms with Gasteiger partial charge in [0.05, 0.1) is 38.3 Å². The van der Waals surface area contributed by atoms with E-state index in [1.807, 2.05) is 0 Å². The van der Waals surface area contributed by atoms with Crippen molar-refractivity contribution in [3.8, 4) is 11.5 Å². The van der Waals surface area contributed by atoms with E-state index in [2.05, 4.69) is 15.9 Å². The number of rotatable bonds is 7. The lowest BCUT2D eigenvalue weighted by atomic mass is 9.90. The molecule has 5 rings (SSSR count). The summed E-state index contributed by atoms with van der Waals surface area (Å²) in [5, 5.41) is 34.2. The number of ether oxygens (including phenoxy) is 1. The van der Waals surface area contributed by atoms with Gasteiger partial charge in [-0.3, -0.25) is 34.7 Å². The van der Waals surface area contributed by atoms with Crippen LogP contribution in [0.4, 0.5) is 22.7 Å². The highest BCUT2D eigenvalue weighted by molar-refractivity contribution is 9.10. The molecule has 0 aromatic heterocycles. The van der Waals surface area contributed by atoms with Gasteiger partial charge in [-0.1, -0.05) is 6.07 Å². The minimum absolute atomic E-state index is 0.119. The number of nitro groups is 2. The predicted octanol–water partition coefficient (Wildman–Crippen LogP) is 4.42. The first-order valence-corrected chi connectivity index (χ1v) is 12.4. The lowest BCUT2D eigenvalue weighted by Crippen LogP contribution is -2.37. The van der Waals surface area contributed by atoms with Crippen LogP contribution in [0.2, 0.25) is 0 Å². The maximum absolute atomic E-state index is 13.8. The van der Waals surface area contributed by atoms with Crippen molar-refractivity contribution in [3.63, 3.8) is 0 Å². The number of aromatic hydroxyl groups is 1. The Bertz CT molecular complexity index is 1510. The number of hydroxylamine groups is 1. The molecule has 1 N–H and O–H groups in total. The topological polar surface area (TPSA) is 166 Å². The van der Waals surface area contributed by atoms with Crippen molar-refractivity contribution in [1.82, 2.24) is 0 Å². The molecule has 13 nitrogen and oxygen atoms in total. The van der Waals surface area contributed by atoms with Crippen molar-refractivity contribution in [3.05, 3.63) is 90.9 Å². The van der Waals surface area contributed by atoms with Crippen LogP contribution in [-0.4, -0.2) is 39.5 Å². The monoisotopic (exact) mass is 598 g/mol. The number of hydrogen-bond donors (Lipinski definition) is 1. The molecule has 2 aliphatic heterocycles. The molecular formula is C25H19BrN4O9. The van der Waals surface area contributed by atoms with Crippen LogP contribution >= 0.6 is 15.9 Å². The molecule has 0 spiro atoms. The number of imide groups is 1. The zero-order valence-electron chi connectivity index (χ0n) is 20.1. The molecule has 0 unspecified atom stereocenters. The first-order valence-electron chi connectivity index (χ1n) is 11.6. The number of benzene rings is 3. The molecule has 0 radical (unpaired) electrons. The fraction of sp³-hybridized carbons (Fsp3) is 0.200. The number of phenols is 1. The normalized spacial score (nSPS) is 20.3. The molecule has 2 heterocycles. The number of phenolic OH excluding ortho intramolecular Hbond substituents is 1. The number of nitro benzene ring substituents is 2. The molecule has 0 saturated carbocycles. The van der Waals surface area contributed by atoms with Crippen molar-refractivity contribution >= 4 is 50.5 Å². The highest BCUT2D eigenvalue weighted by Crippen LogP contribution is 2.50. The van der Waals surface area contributed by atoms with Gasteiger partial charge in [-0.2, -0.15) is 0 Å². The molecule has 0 aliphatic carbocycles. The molecule has 2 fully saturated rings. The van der Waals surface area contributed by atoms with E-state index in [1.165, 1.54) is 53.6 Å². The van der Waals surface area contributed by atoms with Crippen molar-refractivity contribution in [2.24, 2.45) is 5.92 Å². The highest BCUT2D eigenvalue weighted by atomic mass is 79.9. The summed E-state index contributed by atoms with van der Waals surface area (Å²) in [4.78, 5) is 55.5. The van der Waals surface area contributed by atoms with Crippen LogP contribution in [0.5, 0.6) is 11.5 Å². The Morgan fingerprint density at radius 1 is 0.974 bits per heavy atom. The van der Waals surface area contributed by atoms with Gasteiger partial charge in [-0.15, -0.1) is 0 Å². The third-order valence-electron chi connectivity index (χ3n) is 6.42. The maximum atomic E-state index is 13.8.